The average molecular weight is 538 g/mol. The Balaban J connectivity index is 1.10. The number of benzene rings is 3. The van der Waals surface area contributed by atoms with Gasteiger partial charge in [0.05, 0.1) is 4.47 Å². The maximum Gasteiger partial charge on any atom is 0.261 e. The van der Waals surface area contributed by atoms with Crippen molar-refractivity contribution in [3.63, 3.8) is 0 Å². The zero-order chi connectivity index (χ0) is 24.4. The number of ether oxygens (including phenoxy) is 1. The lowest BCUT2D eigenvalue weighted by atomic mass is 9.94. The quantitative estimate of drug-likeness (QED) is 0.444. The van der Waals surface area contributed by atoms with Gasteiger partial charge in [-0.3, -0.25) is 24.3 Å². The standard InChI is InChI=1S/C27H28BrN3O4/c28-23-9-1-2-10-24(23)35-18-20(32)17-30-13-11-29(12-14-30)15-16-31-26(33)21-7-3-5-19-6-4-8-22(25(19)21)27(31)34/h1-10,20,32H,11-18H2. The molecule has 0 aromatic heterocycles. The summed E-state index contributed by atoms with van der Waals surface area (Å²) in [6.07, 6.45) is -0.583. The fraction of sp³-hybridized carbons (Fsp3) is 0.333. The highest BCUT2D eigenvalue weighted by Gasteiger charge is 2.33. The molecular weight excluding hydrogens is 510 g/mol. The van der Waals surface area contributed by atoms with Crippen LogP contribution in [0.3, 0.4) is 0 Å². The summed E-state index contributed by atoms with van der Waals surface area (Å²) in [5.74, 6) is 0.286. The highest BCUT2D eigenvalue weighted by atomic mass is 79.9. The van der Waals surface area contributed by atoms with Crippen molar-refractivity contribution >= 4 is 38.5 Å². The van der Waals surface area contributed by atoms with Gasteiger partial charge in [0, 0.05) is 62.3 Å². The van der Waals surface area contributed by atoms with Crippen molar-refractivity contribution in [2.24, 2.45) is 0 Å². The van der Waals surface area contributed by atoms with Crippen molar-refractivity contribution in [3.05, 3.63) is 76.3 Å². The third-order valence-corrected chi connectivity index (χ3v) is 7.35. The predicted octanol–water partition coefficient (Wildman–Crippen LogP) is 3.26. The van der Waals surface area contributed by atoms with E-state index in [0.29, 0.717) is 30.8 Å². The minimum Gasteiger partial charge on any atom is -0.490 e. The van der Waals surface area contributed by atoms with Crippen LogP contribution >= 0.6 is 15.9 Å². The summed E-state index contributed by atoms with van der Waals surface area (Å²) in [7, 11) is 0. The summed E-state index contributed by atoms with van der Waals surface area (Å²) < 4.78 is 6.60. The SMILES string of the molecule is O=C1c2cccc3cccc(c23)C(=O)N1CCN1CCN(CC(O)COc2ccccc2Br)CC1. The lowest BCUT2D eigenvalue weighted by Gasteiger charge is -2.36. The van der Waals surface area contributed by atoms with E-state index in [1.54, 1.807) is 12.1 Å². The number of aliphatic hydroxyl groups is 1. The molecule has 1 saturated heterocycles. The van der Waals surface area contributed by atoms with E-state index in [9.17, 15) is 14.7 Å². The molecule has 2 aliphatic heterocycles. The van der Waals surface area contributed by atoms with Crippen LogP contribution < -0.4 is 4.74 Å². The number of imide groups is 1. The Kier molecular flexibility index (Phi) is 7.15. The average Bonchev–Trinajstić information content (AvgIpc) is 2.87. The highest BCUT2D eigenvalue weighted by molar-refractivity contribution is 9.10. The molecule has 8 heteroatoms. The number of carbonyl (C=O) groups excluding carboxylic acids is 2. The summed E-state index contributed by atoms with van der Waals surface area (Å²) in [5, 5.41) is 12.1. The zero-order valence-electron chi connectivity index (χ0n) is 19.4. The van der Waals surface area contributed by atoms with E-state index in [2.05, 4.69) is 25.7 Å². The number of amides is 2. The largest absolute Gasteiger partial charge is 0.490 e. The van der Waals surface area contributed by atoms with Crippen LogP contribution in [0.4, 0.5) is 0 Å². The van der Waals surface area contributed by atoms with Gasteiger partial charge in [-0.15, -0.1) is 0 Å². The van der Waals surface area contributed by atoms with Gasteiger partial charge in [-0.1, -0.05) is 36.4 Å². The first kappa shape index (κ1) is 23.9. The molecule has 7 nitrogen and oxygen atoms in total. The number of piperazine rings is 1. The maximum atomic E-state index is 13.1. The lowest BCUT2D eigenvalue weighted by Crippen LogP contribution is -2.51. The molecule has 1 atom stereocenters. The van der Waals surface area contributed by atoms with E-state index < -0.39 is 6.10 Å². The van der Waals surface area contributed by atoms with Crippen LogP contribution in [0.5, 0.6) is 5.75 Å². The molecule has 0 bridgehead atoms. The second-order valence-electron chi connectivity index (χ2n) is 9.01. The van der Waals surface area contributed by atoms with E-state index in [1.165, 1.54) is 4.90 Å². The van der Waals surface area contributed by atoms with Gasteiger partial charge in [-0.25, -0.2) is 0 Å². The monoisotopic (exact) mass is 537 g/mol. The molecule has 0 spiro atoms. The van der Waals surface area contributed by atoms with Crippen molar-refractivity contribution in [2.45, 2.75) is 6.10 Å². The van der Waals surface area contributed by atoms with Crippen LogP contribution in [0.2, 0.25) is 0 Å². The maximum absolute atomic E-state index is 13.1. The fourth-order valence-electron chi connectivity index (χ4n) is 4.82. The molecule has 2 aliphatic rings. The van der Waals surface area contributed by atoms with Crippen molar-refractivity contribution in [3.8, 4) is 5.75 Å². The van der Waals surface area contributed by atoms with E-state index in [4.69, 9.17) is 4.74 Å². The molecule has 1 fully saturated rings. The van der Waals surface area contributed by atoms with Gasteiger partial charge >= 0.3 is 0 Å². The van der Waals surface area contributed by atoms with Crippen molar-refractivity contribution in [2.75, 3.05) is 52.4 Å². The molecule has 2 heterocycles. The van der Waals surface area contributed by atoms with Gasteiger partial charge in [0.15, 0.2) is 0 Å². The third kappa shape index (κ3) is 5.11. The minimum atomic E-state index is -0.583. The van der Waals surface area contributed by atoms with Gasteiger partial charge < -0.3 is 9.84 Å². The normalized spacial score (nSPS) is 17.7. The minimum absolute atomic E-state index is 0.217. The number of rotatable bonds is 8. The molecular formula is C27H28BrN3O4. The molecule has 2 amide bonds. The topological polar surface area (TPSA) is 73.3 Å². The second-order valence-corrected chi connectivity index (χ2v) is 9.86. The first-order valence-corrected chi connectivity index (χ1v) is 12.7. The molecule has 0 radical (unpaired) electrons. The number of halogens is 1. The predicted molar refractivity (Wildman–Crippen MR) is 138 cm³/mol. The molecule has 0 aliphatic carbocycles. The van der Waals surface area contributed by atoms with Crippen LogP contribution in [-0.4, -0.2) is 90.1 Å². The first-order valence-electron chi connectivity index (χ1n) is 11.9. The molecule has 0 saturated carbocycles. The number of hydrogen-bond donors (Lipinski definition) is 1. The Bertz CT molecular complexity index is 1190. The molecule has 182 valence electrons. The number of aliphatic hydroxyl groups excluding tert-OH is 1. The van der Waals surface area contributed by atoms with E-state index in [0.717, 1.165) is 47.2 Å². The summed E-state index contributed by atoms with van der Waals surface area (Å²) in [6.45, 7) is 5.05. The van der Waals surface area contributed by atoms with Crippen molar-refractivity contribution < 1.29 is 19.4 Å². The number of β-amino-alcohol motifs (C(OH)–C–C–N with tert-alkyl or cyclic N) is 1. The van der Waals surface area contributed by atoms with Crippen LogP contribution in [-0.2, 0) is 0 Å². The Morgan fingerprint density at radius 1 is 0.829 bits per heavy atom. The van der Waals surface area contributed by atoms with Gasteiger partial charge in [0.1, 0.15) is 18.5 Å². The van der Waals surface area contributed by atoms with Crippen LogP contribution in [0.1, 0.15) is 20.7 Å². The van der Waals surface area contributed by atoms with Gasteiger partial charge in [0.25, 0.3) is 11.8 Å². The van der Waals surface area contributed by atoms with E-state index >= 15 is 0 Å². The van der Waals surface area contributed by atoms with Gasteiger partial charge in [0.2, 0.25) is 0 Å². The number of carbonyl (C=O) groups is 2. The number of hydrogen-bond acceptors (Lipinski definition) is 6. The summed E-state index contributed by atoms with van der Waals surface area (Å²) in [6, 6.07) is 18.8. The Labute approximate surface area is 213 Å². The number of para-hydroxylation sites is 1. The highest BCUT2D eigenvalue weighted by Crippen LogP contribution is 2.30. The van der Waals surface area contributed by atoms with Crippen LogP contribution in [0.25, 0.3) is 10.8 Å². The van der Waals surface area contributed by atoms with Crippen molar-refractivity contribution in [1.82, 2.24) is 14.7 Å². The number of nitrogens with zero attached hydrogens (tertiary/aromatic N) is 3. The lowest BCUT2D eigenvalue weighted by molar-refractivity contribution is 0.0415. The molecule has 3 aromatic carbocycles. The summed E-state index contributed by atoms with van der Waals surface area (Å²) in [5.41, 5.74) is 1.20. The molecule has 3 aromatic rings. The van der Waals surface area contributed by atoms with Crippen LogP contribution in [0.15, 0.2) is 65.1 Å². The molecule has 5 rings (SSSR count). The fourth-order valence-corrected chi connectivity index (χ4v) is 5.22. The zero-order valence-corrected chi connectivity index (χ0v) is 21.0. The Morgan fingerprint density at radius 3 is 2.11 bits per heavy atom. The summed E-state index contributed by atoms with van der Waals surface area (Å²) >= 11 is 3.45. The molecule has 1 N–H and O–H groups in total. The smallest absolute Gasteiger partial charge is 0.261 e. The van der Waals surface area contributed by atoms with Crippen molar-refractivity contribution in [1.29, 1.82) is 0 Å². The summed E-state index contributed by atoms with van der Waals surface area (Å²) in [4.78, 5) is 32.0. The van der Waals surface area contributed by atoms with E-state index in [1.807, 2.05) is 48.5 Å². The Morgan fingerprint density at radius 2 is 1.46 bits per heavy atom. The first-order chi connectivity index (χ1) is 17.0. The van der Waals surface area contributed by atoms with Crippen LogP contribution in [0, 0.1) is 0 Å². The molecule has 35 heavy (non-hydrogen) atoms. The third-order valence-electron chi connectivity index (χ3n) is 6.70. The second kappa shape index (κ2) is 10.5. The van der Waals surface area contributed by atoms with Gasteiger partial charge in [-0.05, 0) is 45.6 Å². The van der Waals surface area contributed by atoms with Gasteiger partial charge in [-0.2, -0.15) is 0 Å². The molecule has 1 unspecified atom stereocenters. The Hall–Kier alpha value is -2.78. The van der Waals surface area contributed by atoms with E-state index in [-0.39, 0.29) is 18.4 Å².